The van der Waals surface area contributed by atoms with Crippen molar-refractivity contribution in [3.05, 3.63) is 52.7 Å². The van der Waals surface area contributed by atoms with Crippen molar-refractivity contribution in [1.82, 2.24) is 4.98 Å². The molecule has 0 bridgehead atoms. The van der Waals surface area contributed by atoms with Gasteiger partial charge in [0.2, 0.25) is 5.88 Å². The lowest BCUT2D eigenvalue weighted by Gasteiger charge is -2.11. The van der Waals surface area contributed by atoms with Crippen molar-refractivity contribution in [3.8, 4) is 5.88 Å². The number of carbonyl (C=O) groups is 2. The molecule has 0 unspecified atom stereocenters. The van der Waals surface area contributed by atoms with Crippen LogP contribution in [0.4, 0.5) is 5.69 Å². The second-order valence-corrected chi connectivity index (χ2v) is 5.23. The Morgan fingerprint density at radius 3 is 2.79 bits per heavy atom. The zero-order valence-electron chi connectivity index (χ0n) is 13.3. The number of nitrogens with zero attached hydrogens (tertiary/aromatic N) is 1. The molecule has 0 radical (unpaired) electrons. The van der Waals surface area contributed by atoms with Gasteiger partial charge in [-0.15, -0.1) is 0 Å². The highest BCUT2D eigenvalue weighted by Gasteiger charge is 2.16. The lowest BCUT2D eigenvalue weighted by atomic mass is 10.2. The molecule has 2 aromatic rings. The smallest absolute Gasteiger partial charge is 0.344 e. The number of hydrogen-bond donors (Lipinski definition) is 1. The van der Waals surface area contributed by atoms with Gasteiger partial charge in [0.1, 0.15) is 5.56 Å². The van der Waals surface area contributed by atoms with Crippen molar-refractivity contribution in [2.75, 3.05) is 18.5 Å². The fourth-order valence-corrected chi connectivity index (χ4v) is 2.11. The molecule has 6 nitrogen and oxygen atoms in total. The van der Waals surface area contributed by atoms with E-state index < -0.39 is 18.5 Å². The number of amides is 1. The van der Waals surface area contributed by atoms with E-state index in [0.29, 0.717) is 17.3 Å². The first kappa shape index (κ1) is 17.7. The number of esters is 1. The lowest BCUT2D eigenvalue weighted by Crippen LogP contribution is -2.21. The molecule has 1 aromatic heterocycles. The molecule has 0 spiro atoms. The third-order valence-corrected chi connectivity index (χ3v) is 3.56. The number of benzene rings is 1. The summed E-state index contributed by atoms with van der Waals surface area (Å²) in [5, 5.41) is 3.19. The Balaban J connectivity index is 1.97. The standard InChI is InChI=1S/C17H17ClN2O4/c1-3-23-16-12(6-5-9-19-16)17(22)24-10-15(21)20-14-8-4-7-13(18)11(14)2/h4-9H,3,10H2,1-2H3,(H,20,21). The van der Waals surface area contributed by atoms with Gasteiger partial charge in [-0.2, -0.15) is 0 Å². The number of ether oxygens (including phenoxy) is 2. The highest BCUT2D eigenvalue weighted by Crippen LogP contribution is 2.22. The van der Waals surface area contributed by atoms with Crippen molar-refractivity contribution in [1.29, 1.82) is 0 Å². The Morgan fingerprint density at radius 2 is 2.04 bits per heavy atom. The van der Waals surface area contributed by atoms with E-state index in [4.69, 9.17) is 21.1 Å². The van der Waals surface area contributed by atoms with Gasteiger partial charge in [0.15, 0.2) is 6.61 Å². The van der Waals surface area contributed by atoms with Crippen LogP contribution in [0.3, 0.4) is 0 Å². The van der Waals surface area contributed by atoms with Gasteiger partial charge in [-0.3, -0.25) is 4.79 Å². The SMILES string of the molecule is CCOc1ncccc1C(=O)OCC(=O)Nc1cccc(Cl)c1C. The molecule has 0 saturated heterocycles. The molecular formula is C17H17ClN2O4. The predicted octanol–water partition coefficient (Wildman–Crippen LogP) is 3.24. The van der Waals surface area contributed by atoms with Crippen LogP contribution in [0.2, 0.25) is 5.02 Å². The molecule has 126 valence electrons. The number of pyridine rings is 1. The molecule has 0 fully saturated rings. The zero-order chi connectivity index (χ0) is 17.5. The third kappa shape index (κ3) is 4.45. The number of anilines is 1. The number of aromatic nitrogens is 1. The molecule has 0 aliphatic rings. The summed E-state index contributed by atoms with van der Waals surface area (Å²) in [4.78, 5) is 28.0. The van der Waals surface area contributed by atoms with E-state index in [9.17, 15) is 9.59 Å². The molecular weight excluding hydrogens is 332 g/mol. The molecule has 1 amide bonds. The Morgan fingerprint density at radius 1 is 1.25 bits per heavy atom. The molecule has 24 heavy (non-hydrogen) atoms. The summed E-state index contributed by atoms with van der Waals surface area (Å²) in [5.41, 5.74) is 1.48. The Kier molecular flexibility index (Phi) is 6.14. The average Bonchev–Trinajstić information content (AvgIpc) is 2.58. The summed E-state index contributed by atoms with van der Waals surface area (Å²) in [6.45, 7) is 3.51. The minimum atomic E-state index is -0.676. The second-order valence-electron chi connectivity index (χ2n) is 4.83. The normalized spacial score (nSPS) is 10.1. The van der Waals surface area contributed by atoms with Crippen LogP contribution < -0.4 is 10.1 Å². The van der Waals surface area contributed by atoms with Gasteiger partial charge in [-0.05, 0) is 43.7 Å². The van der Waals surface area contributed by atoms with Gasteiger partial charge < -0.3 is 14.8 Å². The molecule has 0 aliphatic heterocycles. The predicted molar refractivity (Wildman–Crippen MR) is 90.5 cm³/mol. The average molecular weight is 349 g/mol. The molecule has 1 aromatic carbocycles. The maximum Gasteiger partial charge on any atom is 0.344 e. The van der Waals surface area contributed by atoms with Crippen LogP contribution in [-0.2, 0) is 9.53 Å². The van der Waals surface area contributed by atoms with E-state index in [0.717, 1.165) is 5.56 Å². The van der Waals surface area contributed by atoms with Crippen LogP contribution in [0.15, 0.2) is 36.5 Å². The van der Waals surface area contributed by atoms with Gasteiger partial charge in [-0.25, -0.2) is 9.78 Å². The fraction of sp³-hybridized carbons (Fsp3) is 0.235. The first-order valence-electron chi connectivity index (χ1n) is 7.32. The van der Waals surface area contributed by atoms with Crippen LogP contribution in [0, 0.1) is 6.92 Å². The van der Waals surface area contributed by atoms with Gasteiger partial charge in [0, 0.05) is 16.9 Å². The van der Waals surface area contributed by atoms with Crippen LogP contribution in [0.1, 0.15) is 22.8 Å². The summed E-state index contributed by atoms with van der Waals surface area (Å²) in [6.07, 6.45) is 1.51. The minimum absolute atomic E-state index is 0.172. The van der Waals surface area contributed by atoms with Gasteiger partial charge >= 0.3 is 5.97 Å². The zero-order valence-corrected chi connectivity index (χ0v) is 14.1. The molecule has 7 heteroatoms. The summed E-state index contributed by atoms with van der Waals surface area (Å²) in [7, 11) is 0. The van der Waals surface area contributed by atoms with Crippen molar-refractivity contribution in [3.63, 3.8) is 0 Å². The van der Waals surface area contributed by atoms with Crippen LogP contribution in [0.5, 0.6) is 5.88 Å². The molecule has 1 N–H and O–H groups in total. The molecule has 0 aliphatic carbocycles. The van der Waals surface area contributed by atoms with E-state index >= 15 is 0 Å². The van der Waals surface area contributed by atoms with Gasteiger partial charge in [0.05, 0.1) is 6.61 Å². The topological polar surface area (TPSA) is 77.5 Å². The maximum atomic E-state index is 12.1. The van der Waals surface area contributed by atoms with E-state index in [-0.39, 0.29) is 11.4 Å². The fourth-order valence-electron chi connectivity index (χ4n) is 1.94. The summed E-state index contributed by atoms with van der Waals surface area (Å²) in [6, 6.07) is 8.29. The van der Waals surface area contributed by atoms with Gasteiger partial charge in [-0.1, -0.05) is 17.7 Å². The summed E-state index contributed by atoms with van der Waals surface area (Å²) < 4.78 is 10.3. The molecule has 1 heterocycles. The maximum absolute atomic E-state index is 12.1. The monoisotopic (exact) mass is 348 g/mol. The van der Waals surface area contributed by atoms with Crippen molar-refractivity contribution in [2.24, 2.45) is 0 Å². The van der Waals surface area contributed by atoms with Crippen molar-refractivity contribution in [2.45, 2.75) is 13.8 Å². The molecule has 2 rings (SSSR count). The molecule has 0 atom stereocenters. The Hall–Kier alpha value is -2.60. The number of halogens is 1. The number of rotatable bonds is 6. The molecule has 0 saturated carbocycles. The highest BCUT2D eigenvalue weighted by atomic mass is 35.5. The second kappa shape index (κ2) is 8.31. The first-order chi connectivity index (χ1) is 11.5. The number of carbonyl (C=O) groups excluding carboxylic acids is 2. The van der Waals surface area contributed by atoms with Crippen LogP contribution in [0.25, 0.3) is 0 Å². The van der Waals surface area contributed by atoms with Crippen LogP contribution >= 0.6 is 11.6 Å². The van der Waals surface area contributed by atoms with Crippen molar-refractivity contribution < 1.29 is 19.1 Å². The number of nitrogens with one attached hydrogen (secondary N) is 1. The summed E-state index contributed by atoms with van der Waals surface area (Å²) >= 11 is 5.99. The summed E-state index contributed by atoms with van der Waals surface area (Å²) in [5.74, 6) is -0.962. The Bertz CT molecular complexity index is 749. The first-order valence-corrected chi connectivity index (χ1v) is 7.70. The van der Waals surface area contributed by atoms with E-state index in [1.165, 1.54) is 12.3 Å². The lowest BCUT2D eigenvalue weighted by molar-refractivity contribution is -0.119. The van der Waals surface area contributed by atoms with Gasteiger partial charge in [0.25, 0.3) is 5.91 Å². The van der Waals surface area contributed by atoms with Crippen LogP contribution in [-0.4, -0.2) is 30.1 Å². The minimum Gasteiger partial charge on any atom is -0.477 e. The quantitative estimate of drug-likeness (QED) is 0.811. The number of hydrogen-bond acceptors (Lipinski definition) is 5. The highest BCUT2D eigenvalue weighted by molar-refractivity contribution is 6.31. The van der Waals surface area contributed by atoms with Crippen molar-refractivity contribution >= 4 is 29.2 Å². The largest absolute Gasteiger partial charge is 0.477 e. The van der Waals surface area contributed by atoms with E-state index in [1.807, 2.05) is 0 Å². The third-order valence-electron chi connectivity index (χ3n) is 3.15. The van der Waals surface area contributed by atoms with E-state index in [2.05, 4.69) is 10.3 Å². The Labute approximate surface area is 144 Å². The van der Waals surface area contributed by atoms with E-state index in [1.54, 1.807) is 38.1 Å².